The molecule has 3 nitrogen and oxygen atoms in total. The minimum absolute atomic E-state index is 0.395. The molecule has 0 aromatic carbocycles. The van der Waals surface area contributed by atoms with Crippen LogP contribution in [-0.4, -0.2) is 24.8 Å². The van der Waals surface area contributed by atoms with Crippen LogP contribution in [0.5, 0.6) is 0 Å². The Labute approximate surface area is 125 Å². The third-order valence-electron chi connectivity index (χ3n) is 4.47. The Balaban J connectivity index is 2.17. The van der Waals surface area contributed by atoms with E-state index in [2.05, 4.69) is 32.2 Å². The fourth-order valence-electron chi connectivity index (χ4n) is 2.80. The van der Waals surface area contributed by atoms with E-state index >= 15 is 0 Å². The molecule has 1 unspecified atom stereocenters. The summed E-state index contributed by atoms with van der Waals surface area (Å²) in [5.74, 6) is 0. The van der Waals surface area contributed by atoms with E-state index in [4.69, 9.17) is 4.74 Å². The van der Waals surface area contributed by atoms with Crippen LogP contribution in [0.25, 0.3) is 0 Å². The van der Waals surface area contributed by atoms with E-state index in [9.17, 15) is 5.26 Å². The first-order chi connectivity index (χ1) is 9.41. The second-order valence-electron chi connectivity index (χ2n) is 7.21. The van der Waals surface area contributed by atoms with Crippen LogP contribution in [0, 0.1) is 16.7 Å². The Morgan fingerprint density at radius 1 is 1.35 bits per heavy atom. The average Bonchev–Trinajstić information content (AvgIpc) is 2.43. The van der Waals surface area contributed by atoms with E-state index in [-0.39, 0.29) is 0 Å². The van der Waals surface area contributed by atoms with Crippen LogP contribution < -0.4 is 5.32 Å². The van der Waals surface area contributed by atoms with Gasteiger partial charge in [0.1, 0.15) is 5.54 Å². The van der Waals surface area contributed by atoms with Gasteiger partial charge in [0.15, 0.2) is 0 Å². The van der Waals surface area contributed by atoms with Gasteiger partial charge in [0.05, 0.1) is 12.2 Å². The van der Waals surface area contributed by atoms with Crippen molar-refractivity contribution < 1.29 is 4.74 Å². The van der Waals surface area contributed by atoms with Crippen LogP contribution in [0.1, 0.15) is 72.6 Å². The first kappa shape index (κ1) is 17.5. The van der Waals surface area contributed by atoms with Gasteiger partial charge in [0.25, 0.3) is 0 Å². The molecule has 0 aromatic heterocycles. The molecule has 1 rings (SSSR count). The van der Waals surface area contributed by atoms with Crippen molar-refractivity contribution in [3.05, 3.63) is 0 Å². The number of nitrogens with one attached hydrogen (secondary N) is 1. The molecule has 0 aliphatic heterocycles. The summed E-state index contributed by atoms with van der Waals surface area (Å²) >= 11 is 0. The van der Waals surface area contributed by atoms with Gasteiger partial charge in [0.2, 0.25) is 0 Å². The zero-order valence-corrected chi connectivity index (χ0v) is 13.8. The highest BCUT2D eigenvalue weighted by molar-refractivity contribution is 5.03. The van der Waals surface area contributed by atoms with Gasteiger partial charge in [-0.05, 0) is 63.8 Å². The van der Waals surface area contributed by atoms with Crippen LogP contribution in [0.4, 0.5) is 0 Å². The van der Waals surface area contributed by atoms with Crippen molar-refractivity contribution >= 4 is 0 Å². The summed E-state index contributed by atoms with van der Waals surface area (Å²) in [6.07, 6.45) is 8.25. The lowest BCUT2D eigenvalue weighted by Gasteiger charge is -2.34. The predicted molar refractivity (Wildman–Crippen MR) is 83.5 cm³/mol. The molecule has 0 radical (unpaired) electrons. The second-order valence-corrected chi connectivity index (χ2v) is 7.21. The van der Waals surface area contributed by atoms with E-state index in [1.165, 1.54) is 25.7 Å². The van der Waals surface area contributed by atoms with Crippen LogP contribution in [0.15, 0.2) is 0 Å². The van der Waals surface area contributed by atoms with Gasteiger partial charge in [0, 0.05) is 6.61 Å². The number of hydrogen-bond acceptors (Lipinski definition) is 3. The number of rotatable bonds is 8. The highest BCUT2D eigenvalue weighted by Crippen LogP contribution is 2.36. The topological polar surface area (TPSA) is 45.0 Å². The third kappa shape index (κ3) is 6.24. The maximum atomic E-state index is 9.26. The molecule has 0 bridgehead atoms. The van der Waals surface area contributed by atoms with Gasteiger partial charge in [-0.2, -0.15) is 5.26 Å². The molecular weight excluding hydrogens is 248 g/mol. The van der Waals surface area contributed by atoms with Crippen molar-refractivity contribution in [2.75, 3.05) is 13.2 Å². The first-order valence-corrected chi connectivity index (χ1v) is 8.19. The molecular formula is C17H32N2O. The van der Waals surface area contributed by atoms with Crippen molar-refractivity contribution in [3.63, 3.8) is 0 Å². The first-order valence-electron chi connectivity index (χ1n) is 8.19. The number of hydrogen-bond donors (Lipinski definition) is 1. The van der Waals surface area contributed by atoms with Crippen LogP contribution in [0.3, 0.4) is 0 Å². The zero-order valence-electron chi connectivity index (χ0n) is 13.8. The summed E-state index contributed by atoms with van der Waals surface area (Å²) in [5, 5.41) is 12.6. The molecule has 0 spiro atoms. The van der Waals surface area contributed by atoms with Crippen LogP contribution in [0.2, 0.25) is 0 Å². The van der Waals surface area contributed by atoms with Gasteiger partial charge >= 0.3 is 0 Å². The predicted octanol–water partition coefficient (Wildman–Crippen LogP) is 4.03. The zero-order chi connectivity index (χ0) is 15.1. The van der Waals surface area contributed by atoms with Crippen LogP contribution >= 0.6 is 0 Å². The SMILES string of the molecule is CCCNC(C)(C#N)CCCOC1CCC(C)(C)CC1. The van der Waals surface area contributed by atoms with Gasteiger partial charge in [-0.25, -0.2) is 0 Å². The fourth-order valence-corrected chi connectivity index (χ4v) is 2.80. The minimum atomic E-state index is -0.395. The summed E-state index contributed by atoms with van der Waals surface area (Å²) in [6.45, 7) is 10.5. The molecule has 1 saturated carbocycles. The molecule has 1 atom stereocenters. The van der Waals surface area contributed by atoms with Gasteiger partial charge in [-0.3, -0.25) is 5.32 Å². The summed E-state index contributed by atoms with van der Waals surface area (Å²) in [4.78, 5) is 0. The lowest BCUT2D eigenvalue weighted by molar-refractivity contribution is 0.00166. The van der Waals surface area contributed by atoms with E-state index in [1.807, 2.05) is 6.92 Å². The molecule has 0 heterocycles. The Bertz CT molecular complexity index is 311. The van der Waals surface area contributed by atoms with E-state index in [0.717, 1.165) is 32.4 Å². The molecule has 0 amide bonds. The Hall–Kier alpha value is -0.590. The van der Waals surface area contributed by atoms with Crippen molar-refractivity contribution in [3.8, 4) is 6.07 Å². The number of nitriles is 1. The third-order valence-corrected chi connectivity index (χ3v) is 4.47. The maximum absolute atomic E-state index is 9.26. The van der Waals surface area contributed by atoms with E-state index < -0.39 is 5.54 Å². The van der Waals surface area contributed by atoms with Gasteiger partial charge < -0.3 is 4.74 Å². The smallest absolute Gasteiger partial charge is 0.104 e. The highest BCUT2D eigenvalue weighted by Gasteiger charge is 2.27. The second kappa shape index (κ2) is 8.00. The van der Waals surface area contributed by atoms with Gasteiger partial charge in [-0.15, -0.1) is 0 Å². The summed E-state index contributed by atoms with van der Waals surface area (Å²) in [7, 11) is 0. The molecule has 0 saturated heterocycles. The highest BCUT2D eigenvalue weighted by atomic mass is 16.5. The quantitative estimate of drug-likeness (QED) is 0.683. The van der Waals surface area contributed by atoms with Crippen molar-refractivity contribution in [1.29, 1.82) is 5.26 Å². The van der Waals surface area contributed by atoms with E-state index in [1.54, 1.807) is 0 Å². The maximum Gasteiger partial charge on any atom is 0.104 e. The standard InChI is InChI=1S/C17H32N2O/c1-5-12-19-17(4,14-18)9-6-13-20-15-7-10-16(2,3)11-8-15/h15,19H,5-13H2,1-4H3. The Kier molecular flexibility index (Phi) is 6.99. The summed E-state index contributed by atoms with van der Waals surface area (Å²) in [5.41, 5.74) is 0.108. The van der Waals surface area contributed by atoms with Crippen LogP contribution in [-0.2, 0) is 4.74 Å². The normalized spacial score (nSPS) is 22.1. The summed E-state index contributed by atoms with van der Waals surface area (Å²) < 4.78 is 5.98. The lowest BCUT2D eigenvalue weighted by Crippen LogP contribution is -2.41. The Morgan fingerprint density at radius 3 is 2.55 bits per heavy atom. The molecule has 0 aromatic rings. The molecule has 1 aliphatic carbocycles. The molecule has 1 aliphatic rings. The van der Waals surface area contributed by atoms with E-state index in [0.29, 0.717) is 11.5 Å². The molecule has 116 valence electrons. The van der Waals surface area contributed by atoms with Crippen molar-refractivity contribution in [2.24, 2.45) is 5.41 Å². The monoisotopic (exact) mass is 280 g/mol. The fraction of sp³-hybridized carbons (Fsp3) is 0.941. The molecule has 1 N–H and O–H groups in total. The van der Waals surface area contributed by atoms with Crippen molar-refractivity contribution in [1.82, 2.24) is 5.32 Å². The summed E-state index contributed by atoms with van der Waals surface area (Å²) in [6, 6.07) is 2.40. The largest absolute Gasteiger partial charge is 0.378 e. The molecule has 1 fully saturated rings. The average molecular weight is 280 g/mol. The van der Waals surface area contributed by atoms with Crippen molar-refractivity contribution in [2.45, 2.75) is 84.3 Å². The Morgan fingerprint density at radius 2 is 2.00 bits per heavy atom. The lowest BCUT2D eigenvalue weighted by atomic mass is 9.76. The minimum Gasteiger partial charge on any atom is -0.378 e. The number of nitrogens with zero attached hydrogens (tertiary/aromatic N) is 1. The molecule has 20 heavy (non-hydrogen) atoms. The van der Waals surface area contributed by atoms with Gasteiger partial charge in [-0.1, -0.05) is 20.8 Å². The number of ether oxygens (including phenoxy) is 1. The molecule has 3 heteroatoms.